The second kappa shape index (κ2) is 8.70. The Morgan fingerprint density at radius 2 is 1.88 bits per heavy atom. The molecule has 0 aromatic heterocycles. The zero-order valence-corrected chi connectivity index (χ0v) is 16.1. The number of benzene rings is 1. The van der Waals surface area contributed by atoms with Crippen molar-refractivity contribution in [1.29, 1.82) is 0 Å². The fraction of sp³-hybridized carbons (Fsp3) is 0.636. The van der Waals surface area contributed by atoms with Crippen LogP contribution in [0.3, 0.4) is 0 Å². The first kappa shape index (κ1) is 18.9. The number of Topliss-reactive ketones (excluding diaryl/α,β-unsaturated/α-hetero) is 1. The fourth-order valence-electron chi connectivity index (χ4n) is 4.61. The predicted octanol–water partition coefficient (Wildman–Crippen LogP) is 4.48. The molecule has 1 saturated carbocycles. The van der Waals surface area contributed by atoms with Crippen LogP contribution in [0.25, 0.3) is 0 Å². The number of amides is 1. The number of hydrogen-bond acceptors (Lipinski definition) is 3. The number of ether oxygens (including phenoxy) is 1. The molecule has 1 heterocycles. The number of piperidine rings is 1. The Morgan fingerprint density at radius 3 is 2.62 bits per heavy atom. The maximum atomic E-state index is 12.8. The van der Waals surface area contributed by atoms with Gasteiger partial charge in [-0.15, -0.1) is 0 Å². The van der Waals surface area contributed by atoms with Crippen LogP contribution in [0.2, 0.25) is 0 Å². The van der Waals surface area contributed by atoms with Crippen LogP contribution in [0, 0.1) is 11.8 Å². The number of rotatable bonds is 6. The van der Waals surface area contributed by atoms with E-state index in [0.717, 1.165) is 31.1 Å². The first-order valence-electron chi connectivity index (χ1n) is 10.1. The molecule has 1 aliphatic heterocycles. The second-order valence-electron chi connectivity index (χ2n) is 7.86. The lowest BCUT2D eigenvalue weighted by atomic mass is 9.74. The molecular formula is C22H31NO3. The first-order chi connectivity index (χ1) is 12.6. The van der Waals surface area contributed by atoms with Crippen LogP contribution in [0.15, 0.2) is 24.3 Å². The van der Waals surface area contributed by atoms with Crippen LogP contribution in [-0.2, 0) is 4.79 Å². The Balaban J connectivity index is 1.53. The molecule has 2 aliphatic rings. The molecule has 0 bridgehead atoms. The third-order valence-electron chi connectivity index (χ3n) is 5.95. The van der Waals surface area contributed by atoms with Gasteiger partial charge < -0.3 is 9.64 Å². The third-order valence-corrected chi connectivity index (χ3v) is 5.95. The van der Waals surface area contributed by atoms with Crippen LogP contribution < -0.4 is 4.74 Å². The summed E-state index contributed by atoms with van der Waals surface area (Å²) in [5, 5.41) is 0. The highest BCUT2D eigenvalue weighted by Gasteiger charge is 2.37. The lowest BCUT2D eigenvalue weighted by Crippen LogP contribution is -2.50. The van der Waals surface area contributed by atoms with Crippen molar-refractivity contribution in [3.05, 3.63) is 29.8 Å². The molecule has 3 rings (SSSR count). The normalized spacial score (nSPS) is 25.5. The topological polar surface area (TPSA) is 46.6 Å². The van der Waals surface area contributed by atoms with E-state index in [-0.39, 0.29) is 18.1 Å². The molecule has 1 amide bonds. The predicted molar refractivity (Wildman–Crippen MR) is 102 cm³/mol. The zero-order chi connectivity index (χ0) is 18.5. The zero-order valence-electron chi connectivity index (χ0n) is 16.1. The van der Waals surface area contributed by atoms with Gasteiger partial charge in [0.05, 0.1) is 6.61 Å². The van der Waals surface area contributed by atoms with Crippen LogP contribution in [-0.4, -0.2) is 35.8 Å². The molecule has 0 N–H and O–H groups in total. The maximum absolute atomic E-state index is 12.8. The summed E-state index contributed by atoms with van der Waals surface area (Å²) >= 11 is 0. The average molecular weight is 357 g/mol. The molecule has 3 atom stereocenters. The quantitative estimate of drug-likeness (QED) is 0.706. The fourth-order valence-corrected chi connectivity index (χ4v) is 4.61. The van der Waals surface area contributed by atoms with Gasteiger partial charge in [-0.25, -0.2) is 0 Å². The standard InChI is InChI=1S/C22H31NO3/c1-3-26-19-9-7-17(8-10-19)21(24)12-13-22(25)23-14-4-5-18-15-16(2)6-11-20(18)23/h7-10,16,18,20H,3-6,11-15H2,1-2H3/t16-,18+,20+/m0/s1. The Morgan fingerprint density at radius 1 is 1.12 bits per heavy atom. The summed E-state index contributed by atoms with van der Waals surface area (Å²) in [6.07, 6.45) is 6.57. The molecule has 1 aromatic rings. The third kappa shape index (κ3) is 4.46. The molecule has 0 radical (unpaired) electrons. The van der Waals surface area contributed by atoms with Gasteiger partial charge in [-0.2, -0.15) is 0 Å². The highest BCUT2D eigenvalue weighted by molar-refractivity contribution is 5.98. The Labute approximate surface area is 156 Å². The minimum atomic E-state index is 0.0345. The van der Waals surface area contributed by atoms with Crippen molar-refractivity contribution in [2.75, 3.05) is 13.2 Å². The first-order valence-corrected chi connectivity index (χ1v) is 10.1. The van der Waals surface area contributed by atoms with Gasteiger partial charge in [0.1, 0.15) is 5.75 Å². The van der Waals surface area contributed by atoms with E-state index in [1.54, 1.807) is 12.1 Å². The minimum absolute atomic E-state index is 0.0345. The van der Waals surface area contributed by atoms with E-state index in [1.165, 1.54) is 19.3 Å². The summed E-state index contributed by atoms with van der Waals surface area (Å²) < 4.78 is 5.40. The van der Waals surface area contributed by atoms with Gasteiger partial charge in [0.2, 0.25) is 5.91 Å². The number of hydrogen-bond donors (Lipinski definition) is 0. The van der Waals surface area contributed by atoms with Crippen molar-refractivity contribution >= 4 is 11.7 Å². The molecule has 1 saturated heterocycles. The molecule has 4 heteroatoms. The van der Waals surface area contributed by atoms with E-state index in [4.69, 9.17) is 4.74 Å². The lowest BCUT2D eigenvalue weighted by Gasteiger charge is -2.45. The summed E-state index contributed by atoms with van der Waals surface area (Å²) in [5.41, 5.74) is 0.657. The number of ketones is 1. The Kier molecular flexibility index (Phi) is 6.33. The van der Waals surface area contributed by atoms with Crippen molar-refractivity contribution in [3.8, 4) is 5.75 Å². The van der Waals surface area contributed by atoms with E-state index < -0.39 is 0 Å². The van der Waals surface area contributed by atoms with E-state index >= 15 is 0 Å². The largest absolute Gasteiger partial charge is 0.494 e. The monoisotopic (exact) mass is 357 g/mol. The van der Waals surface area contributed by atoms with Crippen LogP contribution in [0.1, 0.15) is 69.2 Å². The van der Waals surface area contributed by atoms with E-state index in [2.05, 4.69) is 11.8 Å². The summed E-state index contributed by atoms with van der Waals surface area (Å²) in [6, 6.07) is 7.62. The molecule has 0 unspecified atom stereocenters. The van der Waals surface area contributed by atoms with E-state index in [9.17, 15) is 9.59 Å². The number of likely N-dealkylation sites (tertiary alicyclic amines) is 1. The number of fused-ring (bicyclic) bond motifs is 1. The van der Waals surface area contributed by atoms with Crippen LogP contribution in [0.4, 0.5) is 0 Å². The van der Waals surface area contributed by atoms with E-state index in [1.807, 2.05) is 19.1 Å². The molecular weight excluding hydrogens is 326 g/mol. The molecule has 0 spiro atoms. The average Bonchev–Trinajstić information content (AvgIpc) is 2.66. The molecule has 26 heavy (non-hydrogen) atoms. The van der Waals surface area contributed by atoms with Gasteiger partial charge in [0.15, 0.2) is 5.78 Å². The number of carbonyl (C=O) groups is 2. The maximum Gasteiger partial charge on any atom is 0.223 e. The van der Waals surface area contributed by atoms with Crippen molar-refractivity contribution in [2.45, 2.75) is 64.8 Å². The number of nitrogens with zero attached hydrogens (tertiary/aromatic N) is 1. The molecule has 142 valence electrons. The van der Waals surface area contributed by atoms with Gasteiger partial charge in [-0.1, -0.05) is 6.92 Å². The smallest absolute Gasteiger partial charge is 0.223 e. The van der Waals surface area contributed by atoms with Gasteiger partial charge in [0, 0.05) is 31.0 Å². The van der Waals surface area contributed by atoms with Crippen molar-refractivity contribution < 1.29 is 14.3 Å². The van der Waals surface area contributed by atoms with Crippen molar-refractivity contribution in [1.82, 2.24) is 4.90 Å². The lowest BCUT2D eigenvalue weighted by molar-refractivity contribution is -0.137. The summed E-state index contributed by atoms with van der Waals surface area (Å²) in [4.78, 5) is 27.3. The van der Waals surface area contributed by atoms with Gasteiger partial charge >= 0.3 is 0 Å². The summed E-state index contributed by atoms with van der Waals surface area (Å²) in [6.45, 7) is 5.74. The minimum Gasteiger partial charge on any atom is -0.494 e. The van der Waals surface area contributed by atoms with Crippen LogP contribution in [0.5, 0.6) is 5.75 Å². The van der Waals surface area contributed by atoms with Gasteiger partial charge in [-0.05, 0) is 75.1 Å². The van der Waals surface area contributed by atoms with E-state index in [0.29, 0.717) is 30.6 Å². The highest BCUT2D eigenvalue weighted by Crippen LogP contribution is 2.38. The number of carbonyl (C=O) groups excluding carboxylic acids is 2. The van der Waals surface area contributed by atoms with Gasteiger partial charge in [-0.3, -0.25) is 9.59 Å². The van der Waals surface area contributed by atoms with Crippen molar-refractivity contribution in [2.24, 2.45) is 11.8 Å². The van der Waals surface area contributed by atoms with Crippen LogP contribution >= 0.6 is 0 Å². The van der Waals surface area contributed by atoms with Gasteiger partial charge in [0.25, 0.3) is 0 Å². The molecule has 1 aliphatic carbocycles. The Bertz CT molecular complexity index is 625. The molecule has 4 nitrogen and oxygen atoms in total. The molecule has 2 fully saturated rings. The SMILES string of the molecule is CCOc1ccc(C(=O)CCC(=O)N2CCC[C@@H]3C[C@@H](C)CC[C@H]32)cc1. The van der Waals surface area contributed by atoms with Crippen molar-refractivity contribution in [3.63, 3.8) is 0 Å². The highest BCUT2D eigenvalue weighted by atomic mass is 16.5. The Hall–Kier alpha value is -1.84. The molecule has 1 aromatic carbocycles. The second-order valence-corrected chi connectivity index (χ2v) is 7.86. The summed E-state index contributed by atoms with van der Waals surface area (Å²) in [5.74, 6) is 2.41. The summed E-state index contributed by atoms with van der Waals surface area (Å²) in [7, 11) is 0.